The Labute approximate surface area is 165 Å². The van der Waals surface area contributed by atoms with Crippen LogP contribution in [-0.4, -0.2) is 36.6 Å². The van der Waals surface area contributed by atoms with E-state index in [1.54, 1.807) is 0 Å². The van der Waals surface area contributed by atoms with Crippen molar-refractivity contribution in [1.82, 2.24) is 10.6 Å². The lowest BCUT2D eigenvalue weighted by Gasteiger charge is -2.11. The molecule has 4 heteroatoms. The summed E-state index contributed by atoms with van der Waals surface area (Å²) in [6.45, 7) is 0. The summed E-state index contributed by atoms with van der Waals surface area (Å²) in [5, 5.41) is 7.30. The third-order valence-corrected chi connectivity index (χ3v) is 5.40. The molecule has 0 spiro atoms. The number of nitrogens with zero attached hydrogens (tertiary/aromatic N) is 2. The van der Waals surface area contributed by atoms with Crippen LogP contribution in [0.4, 0.5) is 0 Å². The predicted octanol–water partition coefficient (Wildman–Crippen LogP) is 3.68. The zero-order valence-electron chi connectivity index (χ0n) is 15.7. The Hall–Kier alpha value is -3.14. The number of nitrogens with one attached hydrogen (secondary N) is 2. The van der Waals surface area contributed by atoms with Gasteiger partial charge in [0.15, 0.2) is 0 Å². The lowest BCUT2D eigenvalue weighted by molar-refractivity contribution is 0.834. The minimum absolute atomic E-state index is 0.328. The van der Waals surface area contributed by atoms with E-state index in [-0.39, 0.29) is 0 Å². The van der Waals surface area contributed by atoms with Gasteiger partial charge in [0.25, 0.3) is 0 Å². The average molecular weight is 368 g/mol. The van der Waals surface area contributed by atoms with Crippen molar-refractivity contribution in [3.8, 4) is 0 Å². The molecule has 0 bridgehead atoms. The van der Waals surface area contributed by atoms with E-state index in [1.165, 1.54) is 11.1 Å². The average Bonchev–Trinajstić information content (AvgIpc) is 3.65. The van der Waals surface area contributed by atoms with E-state index >= 15 is 0 Å². The van der Waals surface area contributed by atoms with Crippen LogP contribution in [-0.2, 0) is 0 Å². The lowest BCUT2D eigenvalue weighted by Crippen LogP contribution is -2.19. The summed E-state index contributed by atoms with van der Waals surface area (Å²) >= 11 is 0. The van der Waals surface area contributed by atoms with Crippen molar-refractivity contribution < 1.29 is 0 Å². The van der Waals surface area contributed by atoms with Gasteiger partial charge in [-0.15, -0.1) is 0 Å². The van der Waals surface area contributed by atoms with Gasteiger partial charge in [-0.2, -0.15) is 0 Å². The number of rotatable bonds is 2. The second-order valence-electron chi connectivity index (χ2n) is 7.60. The molecule has 2 aromatic carbocycles. The molecule has 1 aliphatic heterocycles. The minimum atomic E-state index is 0.328. The fourth-order valence-electron chi connectivity index (χ4n) is 3.55. The Morgan fingerprint density at radius 2 is 1.04 bits per heavy atom. The lowest BCUT2D eigenvalue weighted by atomic mass is 10.1. The zero-order chi connectivity index (χ0) is 18.8. The highest BCUT2D eigenvalue weighted by Crippen LogP contribution is 2.30. The number of benzene rings is 2. The predicted molar refractivity (Wildman–Crippen MR) is 116 cm³/mol. The largest absolute Gasteiger partial charge is 0.380 e. The molecule has 1 heterocycles. The highest BCUT2D eigenvalue weighted by Gasteiger charge is 2.38. The van der Waals surface area contributed by atoms with Crippen LogP contribution in [0.5, 0.6) is 0 Å². The quantitative estimate of drug-likeness (QED) is 0.849. The second kappa shape index (κ2) is 7.47. The molecule has 2 aromatic rings. The van der Waals surface area contributed by atoms with Gasteiger partial charge in [0.2, 0.25) is 0 Å². The second-order valence-corrected chi connectivity index (χ2v) is 7.60. The number of fused-ring (bicyclic) bond motifs is 2. The summed E-state index contributed by atoms with van der Waals surface area (Å²) in [6, 6.07) is 22.3. The molecule has 4 atom stereocenters. The van der Waals surface area contributed by atoms with Crippen molar-refractivity contribution in [2.75, 3.05) is 0 Å². The molecule has 4 nitrogen and oxygen atoms in total. The van der Waals surface area contributed by atoms with Crippen LogP contribution in [0.1, 0.15) is 24.0 Å². The van der Waals surface area contributed by atoms with Gasteiger partial charge in [-0.05, 0) is 36.1 Å². The fourth-order valence-corrected chi connectivity index (χ4v) is 3.55. The molecule has 0 amide bonds. The maximum Gasteiger partial charge on any atom is 0.0721 e. The summed E-state index contributed by atoms with van der Waals surface area (Å²) in [4.78, 5) is 9.53. The molecule has 28 heavy (non-hydrogen) atoms. The smallest absolute Gasteiger partial charge is 0.0721 e. The van der Waals surface area contributed by atoms with E-state index in [4.69, 9.17) is 9.98 Å². The molecule has 2 N–H and O–H groups in total. The maximum absolute atomic E-state index is 4.76. The van der Waals surface area contributed by atoms with Crippen molar-refractivity contribution in [3.63, 3.8) is 0 Å². The molecule has 2 fully saturated rings. The standard InChI is InChI=1S/C24H24N4/c1-3-7-17(8-4-1)19-11-13-25-22-16-24(22)28-20(18-9-5-2-6-10-18)12-14-26-21-15-23(21)27-19/h1-14,21-24,27-28H,15-16H2/b19-11+,20-12+,25-13?,26-14?/t21-,22-,23+,24+/m1/s1. The molecule has 3 aliphatic rings. The topological polar surface area (TPSA) is 48.8 Å². The first-order valence-corrected chi connectivity index (χ1v) is 9.98. The Kier molecular flexibility index (Phi) is 4.53. The van der Waals surface area contributed by atoms with Gasteiger partial charge < -0.3 is 10.6 Å². The SMILES string of the molecule is C1=N[C@@H]2C[C@@H]2N/C(c2ccccc2)=C/C=N[C@@H]2C[C@@H]2N/C(c2ccccc2)=C/1. The molecular weight excluding hydrogens is 344 g/mol. The van der Waals surface area contributed by atoms with E-state index in [9.17, 15) is 0 Å². The van der Waals surface area contributed by atoms with Crippen LogP contribution in [0.15, 0.2) is 82.8 Å². The molecule has 2 aliphatic carbocycles. The molecule has 5 rings (SSSR count). The number of hydrogen-bond donors (Lipinski definition) is 2. The van der Waals surface area contributed by atoms with Crippen molar-refractivity contribution in [1.29, 1.82) is 0 Å². The van der Waals surface area contributed by atoms with Crippen molar-refractivity contribution >= 4 is 23.8 Å². The van der Waals surface area contributed by atoms with Gasteiger partial charge in [-0.25, -0.2) is 0 Å². The normalized spacial score (nSPS) is 32.1. The van der Waals surface area contributed by atoms with Crippen molar-refractivity contribution in [2.24, 2.45) is 9.98 Å². The van der Waals surface area contributed by atoms with Crippen molar-refractivity contribution in [3.05, 3.63) is 83.9 Å². The minimum Gasteiger partial charge on any atom is -0.380 e. The van der Waals surface area contributed by atoms with E-state index < -0.39 is 0 Å². The van der Waals surface area contributed by atoms with E-state index in [0.717, 1.165) is 24.2 Å². The number of hydrogen-bond acceptors (Lipinski definition) is 4. The van der Waals surface area contributed by atoms with Crippen LogP contribution < -0.4 is 10.6 Å². The van der Waals surface area contributed by atoms with Crippen molar-refractivity contribution in [2.45, 2.75) is 37.0 Å². The first kappa shape index (κ1) is 17.0. The number of allylic oxidation sites excluding steroid dienone is 2. The summed E-state index contributed by atoms with van der Waals surface area (Å²) < 4.78 is 0. The van der Waals surface area contributed by atoms with Crippen LogP contribution in [0, 0.1) is 0 Å². The zero-order valence-corrected chi connectivity index (χ0v) is 15.7. The summed E-state index contributed by atoms with van der Waals surface area (Å²) in [6.07, 6.45) is 10.2. The molecule has 0 unspecified atom stereocenters. The van der Waals surface area contributed by atoms with Crippen LogP contribution in [0.2, 0.25) is 0 Å². The van der Waals surface area contributed by atoms with E-state index in [1.807, 2.05) is 24.6 Å². The molecule has 140 valence electrons. The van der Waals surface area contributed by atoms with Gasteiger partial charge in [0, 0.05) is 23.8 Å². The van der Waals surface area contributed by atoms with Crippen LogP contribution >= 0.6 is 0 Å². The van der Waals surface area contributed by atoms with E-state index in [2.05, 4.69) is 71.3 Å². The third-order valence-electron chi connectivity index (χ3n) is 5.40. The number of aliphatic imine (C=N–C) groups is 2. The first-order valence-electron chi connectivity index (χ1n) is 9.98. The Bertz CT molecular complexity index is 864. The molecule has 2 saturated carbocycles. The Balaban J connectivity index is 1.40. The van der Waals surface area contributed by atoms with Gasteiger partial charge in [-0.3, -0.25) is 9.98 Å². The van der Waals surface area contributed by atoms with Gasteiger partial charge in [0.1, 0.15) is 0 Å². The van der Waals surface area contributed by atoms with Gasteiger partial charge in [0.05, 0.1) is 24.2 Å². The molecule has 0 radical (unpaired) electrons. The van der Waals surface area contributed by atoms with E-state index in [0.29, 0.717) is 24.2 Å². The summed E-state index contributed by atoms with van der Waals surface area (Å²) in [7, 11) is 0. The molecule has 0 saturated heterocycles. The molecule has 0 aromatic heterocycles. The van der Waals surface area contributed by atoms with Gasteiger partial charge in [-0.1, -0.05) is 60.7 Å². The van der Waals surface area contributed by atoms with Crippen LogP contribution in [0.25, 0.3) is 11.4 Å². The Morgan fingerprint density at radius 3 is 1.46 bits per heavy atom. The highest BCUT2D eigenvalue weighted by molar-refractivity contribution is 5.86. The monoisotopic (exact) mass is 368 g/mol. The Morgan fingerprint density at radius 1 is 0.607 bits per heavy atom. The molecular formula is C24H24N4. The van der Waals surface area contributed by atoms with Gasteiger partial charge >= 0.3 is 0 Å². The van der Waals surface area contributed by atoms with Crippen LogP contribution in [0.3, 0.4) is 0 Å². The maximum atomic E-state index is 4.76. The fraction of sp³-hybridized carbons (Fsp3) is 0.250. The summed E-state index contributed by atoms with van der Waals surface area (Å²) in [5.41, 5.74) is 4.62. The highest BCUT2D eigenvalue weighted by atomic mass is 15.1. The summed E-state index contributed by atoms with van der Waals surface area (Å²) in [5.74, 6) is 0. The first-order chi connectivity index (χ1) is 13.9. The third kappa shape index (κ3) is 3.91.